The van der Waals surface area contributed by atoms with Gasteiger partial charge in [-0.25, -0.2) is 22.0 Å². The lowest BCUT2D eigenvalue weighted by molar-refractivity contribution is -0.224. The van der Waals surface area contributed by atoms with Crippen molar-refractivity contribution in [2.75, 3.05) is 0 Å². The van der Waals surface area contributed by atoms with Crippen molar-refractivity contribution in [3.63, 3.8) is 0 Å². The minimum absolute atomic E-state index is 0.170. The van der Waals surface area contributed by atoms with Crippen LogP contribution in [0.25, 0.3) is 22.3 Å². The molecule has 0 saturated heterocycles. The maximum Gasteiger partial charge on any atom is 0.432 e. The summed E-state index contributed by atoms with van der Waals surface area (Å²) in [4.78, 5) is 0. The summed E-state index contributed by atoms with van der Waals surface area (Å²) in [5, 5.41) is 8.70. The minimum atomic E-state index is -4.68. The van der Waals surface area contributed by atoms with Crippen molar-refractivity contribution < 1.29 is 35.5 Å². The average molecular weight is 503 g/mol. The third-order valence-corrected chi connectivity index (χ3v) is 4.96. The Balaban J connectivity index is 1.92. The molecule has 0 aliphatic heterocycles. The Labute approximate surface area is 201 Å². The number of nitriles is 1. The molecule has 2 nitrogen and oxygen atoms in total. The van der Waals surface area contributed by atoms with Gasteiger partial charge in [-0.2, -0.15) is 14.0 Å². The molecule has 3 rings (SSSR count). The second-order valence-corrected chi connectivity index (χ2v) is 7.47. The van der Waals surface area contributed by atoms with Gasteiger partial charge in [0, 0.05) is 11.6 Å². The molecule has 0 radical (unpaired) electrons. The lowest BCUT2D eigenvalue weighted by Gasteiger charge is -2.20. The molecule has 0 N–H and O–H groups in total. The number of benzene rings is 3. The summed E-state index contributed by atoms with van der Waals surface area (Å²) in [6.45, 7) is 3.74. The Morgan fingerprint density at radius 1 is 0.889 bits per heavy atom. The molecule has 184 valence electrons. The van der Waals surface area contributed by atoms with Gasteiger partial charge >= 0.3 is 6.11 Å². The number of halogens is 7. The van der Waals surface area contributed by atoms with Gasteiger partial charge in [0.15, 0.2) is 0 Å². The minimum Gasteiger partial charge on any atom is -0.429 e. The zero-order chi connectivity index (χ0) is 26.6. The van der Waals surface area contributed by atoms with Crippen LogP contribution in [0.4, 0.5) is 30.7 Å². The van der Waals surface area contributed by atoms with E-state index in [1.807, 2.05) is 0 Å². The fraction of sp³-hybridized carbons (Fsp3) is 0.0741. The first kappa shape index (κ1) is 26.3. The van der Waals surface area contributed by atoms with Gasteiger partial charge in [0.05, 0.1) is 0 Å². The van der Waals surface area contributed by atoms with Crippen LogP contribution in [-0.2, 0) is 10.8 Å². The summed E-state index contributed by atoms with van der Waals surface area (Å²) < 4.78 is 104. The van der Waals surface area contributed by atoms with E-state index in [4.69, 9.17) is 5.26 Å². The molecule has 3 aromatic carbocycles. The third-order valence-electron chi connectivity index (χ3n) is 4.96. The Hall–Kier alpha value is -4.32. The Morgan fingerprint density at radius 3 is 2.00 bits per heavy atom. The molecule has 36 heavy (non-hydrogen) atoms. The van der Waals surface area contributed by atoms with E-state index in [9.17, 15) is 30.7 Å². The molecule has 0 aliphatic rings. The monoisotopic (exact) mass is 503 g/mol. The number of hydrogen-bond acceptors (Lipinski definition) is 2. The summed E-state index contributed by atoms with van der Waals surface area (Å²) >= 11 is 0. The van der Waals surface area contributed by atoms with Gasteiger partial charge in [0.25, 0.3) is 0 Å². The fourth-order valence-corrected chi connectivity index (χ4v) is 3.32. The maximum atomic E-state index is 14.7. The van der Waals surface area contributed by atoms with E-state index in [0.29, 0.717) is 23.3 Å². The van der Waals surface area contributed by atoms with Gasteiger partial charge in [-0.1, -0.05) is 49.0 Å². The summed E-state index contributed by atoms with van der Waals surface area (Å²) in [6.07, 6.45) is -4.51. The highest BCUT2D eigenvalue weighted by Gasteiger charge is 2.41. The SMILES string of the molecule is C=C(/C=C(F)\C(C#N)=C(/C)F)OC(F)(F)c1c(F)cc(-c2ccc(-c3ccccc3)cc2F)cc1F. The molecule has 0 spiro atoms. The highest BCUT2D eigenvalue weighted by molar-refractivity contribution is 5.71. The van der Waals surface area contributed by atoms with E-state index >= 15 is 0 Å². The molecule has 0 aromatic heterocycles. The molecule has 0 saturated carbocycles. The number of rotatable bonds is 7. The molecular formula is C27H16F7NO. The van der Waals surface area contributed by atoms with E-state index in [1.165, 1.54) is 18.2 Å². The molecule has 3 aromatic rings. The summed E-state index contributed by atoms with van der Waals surface area (Å²) in [7, 11) is 0. The van der Waals surface area contributed by atoms with Gasteiger partial charge in [-0.15, -0.1) is 0 Å². The van der Waals surface area contributed by atoms with E-state index in [-0.39, 0.29) is 17.2 Å². The van der Waals surface area contributed by atoms with Crippen LogP contribution in [0.5, 0.6) is 0 Å². The van der Waals surface area contributed by atoms with Gasteiger partial charge in [-0.3, -0.25) is 0 Å². The van der Waals surface area contributed by atoms with Crippen molar-refractivity contribution in [2.24, 2.45) is 0 Å². The number of ether oxygens (including phenoxy) is 1. The Kier molecular flexibility index (Phi) is 7.68. The second kappa shape index (κ2) is 10.5. The van der Waals surface area contributed by atoms with Crippen molar-refractivity contribution >= 4 is 0 Å². The van der Waals surface area contributed by atoms with Gasteiger partial charge in [0.1, 0.15) is 52.1 Å². The quantitative estimate of drug-likeness (QED) is 0.140. The largest absolute Gasteiger partial charge is 0.432 e. The van der Waals surface area contributed by atoms with Crippen molar-refractivity contribution in [2.45, 2.75) is 13.0 Å². The molecule has 0 amide bonds. The number of alkyl halides is 2. The van der Waals surface area contributed by atoms with Gasteiger partial charge in [0.2, 0.25) is 0 Å². The normalized spacial score (nSPS) is 12.6. The lowest BCUT2D eigenvalue weighted by atomic mass is 9.98. The van der Waals surface area contributed by atoms with Crippen LogP contribution >= 0.6 is 0 Å². The van der Waals surface area contributed by atoms with Crippen molar-refractivity contribution in [1.29, 1.82) is 5.26 Å². The lowest BCUT2D eigenvalue weighted by Crippen LogP contribution is -2.21. The van der Waals surface area contributed by atoms with E-state index < -0.39 is 52.1 Å². The van der Waals surface area contributed by atoms with Crippen LogP contribution < -0.4 is 0 Å². The van der Waals surface area contributed by atoms with E-state index in [0.717, 1.165) is 13.0 Å². The topological polar surface area (TPSA) is 33.0 Å². The van der Waals surface area contributed by atoms with Crippen molar-refractivity contribution in [3.05, 3.63) is 119 Å². The second-order valence-electron chi connectivity index (χ2n) is 7.47. The smallest absolute Gasteiger partial charge is 0.429 e. The summed E-state index contributed by atoms with van der Waals surface area (Å²) in [5.41, 5.74) is -2.34. The highest BCUT2D eigenvalue weighted by Crippen LogP contribution is 2.38. The third kappa shape index (κ3) is 5.66. The first-order valence-corrected chi connectivity index (χ1v) is 10.2. The zero-order valence-electron chi connectivity index (χ0n) is 18.6. The molecule has 0 unspecified atom stereocenters. The maximum absolute atomic E-state index is 14.7. The van der Waals surface area contributed by atoms with Crippen LogP contribution in [-0.4, -0.2) is 0 Å². The molecule has 0 atom stereocenters. The zero-order valence-corrected chi connectivity index (χ0v) is 18.6. The Morgan fingerprint density at radius 2 is 1.47 bits per heavy atom. The molecule has 0 heterocycles. The van der Waals surface area contributed by atoms with Crippen LogP contribution in [0.1, 0.15) is 12.5 Å². The van der Waals surface area contributed by atoms with Crippen molar-refractivity contribution in [3.8, 4) is 28.3 Å². The molecule has 0 bridgehead atoms. The van der Waals surface area contributed by atoms with E-state index in [1.54, 1.807) is 30.3 Å². The van der Waals surface area contributed by atoms with Crippen LogP contribution in [0.2, 0.25) is 0 Å². The summed E-state index contributed by atoms with van der Waals surface area (Å²) in [6, 6.07) is 14.8. The number of allylic oxidation sites excluding steroid dienone is 4. The summed E-state index contributed by atoms with van der Waals surface area (Å²) in [5.74, 6) is -8.33. The number of hydrogen-bond donors (Lipinski definition) is 0. The standard InChI is InChI=1S/C27H16F7NO/c1-15(10-22(29)21(14-35)16(2)28)36-27(33,34)26-24(31)12-19(13-25(26)32)20-9-8-18(11-23(20)30)17-6-4-3-5-7-17/h3-13H,1H2,2H3/b21-16+,22-10+. The fourth-order valence-electron chi connectivity index (χ4n) is 3.32. The average Bonchev–Trinajstić information content (AvgIpc) is 2.78. The highest BCUT2D eigenvalue weighted by atomic mass is 19.3. The van der Waals surface area contributed by atoms with Crippen LogP contribution in [0, 0.1) is 28.8 Å². The predicted molar refractivity (Wildman–Crippen MR) is 120 cm³/mol. The predicted octanol–water partition coefficient (Wildman–Crippen LogP) is 8.64. The molecule has 0 fully saturated rings. The first-order chi connectivity index (χ1) is 16.9. The van der Waals surface area contributed by atoms with Crippen LogP contribution in [0.3, 0.4) is 0 Å². The first-order valence-electron chi connectivity index (χ1n) is 10.2. The Bertz CT molecular complexity index is 1390. The van der Waals surface area contributed by atoms with Gasteiger partial charge in [-0.05, 0) is 41.8 Å². The van der Waals surface area contributed by atoms with Crippen LogP contribution in [0.15, 0.2) is 96.3 Å². The molecule has 9 heteroatoms. The van der Waals surface area contributed by atoms with Gasteiger partial charge < -0.3 is 4.74 Å². The van der Waals surface area contributed by atoms with Crippen molar-refractivity contribution in [1.82, 2.24) is 0 Å². The molecular weight excluding hydrogens is 487 g/mol. The van der Waals surface area contributed by atoms with E-state index in [2.05, 4.69) is 11.3 Å². The number of nitrogens with zero attached hydrogens (tertiary/aromatic N) is 1. The molecule has 0 aliphatic carbocycles.